The number of nitrogens with zero attached hydrogens (tertiary/aromatic N) is 3. The highest BCUT2D eigenvalue weighted by Gasteiger charge is 2.34. The summed E-state index contributed by atoms with van der Waals surface area (Å²) in [6.07, 6.45) is 0.00283. The first-order chi connectivity index (χ1) is 10.4. The van der Waals surface area contributed by atoms with Crippen LogP contribution in [0.5, 0.6) is 5.88 Å². The number of hydrogen-bond acceptors (Lipinski definition) is 4. The molecule has 1 aliphatic heterocycles. The van der Waals surface area contributed by atoms with Gasteiger partial charge in [-0.1, -0.05) is 6.07 Å². The molecule has 0 radical (unpaired) electrons. The molecule has 2 rings (SSSR count). The molecule has 0 spiro atoms. The molecule has 0 aromatic carbocycles. The molecule has 0 saturated carbocycles. The fraction of sp³-hybridized carbons (Fsp3) is 0.571. The zero-order valence-corrected chi connectivity index (χ0v) is 15.4. The van der Waals surface area contributed by atoms with E-state index in [0.717, 1.165) is 0 Å². The van der Waals surface area contributed by atoms with Gasteiger partial charge in [-0.15, -0.1) is 24.0 Å². The van der Waals surface area contributed by atoms with E-state index in [9.17, 15) is 8.78 Å². The van der Waals surface area contributed by atoms with Crippen molar-refractivity contribution >= 4 is 29.9 Å². The maximum absolute atomic E-state index is 14.2. The molecule has 0 amide bonds. The Labute approximate surface area is 151 Å². The second-order valence-electron chi connectivity index (χ2n) is 5.07. The zero-order valence-electron chi connectivity index (χ0n) is 13.0. The summed E-state index contributed by atoms with van der Waals surface area (Å²) in [7, 11) is 1.37. The molecular formula is C14H21F2IN4O2. The smallest absolute Gasteiger partial charge is 0.309 e. The molecule has 1 fully saturated rings. The molecule has 6 nitrogen and oxygen atoms in total. The maximum Gasteiger partial charge on any atom is 0.309 e. The van der Waals surface area contributed by atoms with Gasteiger partial charge in [-0.2, -0.15) is 8.78 Å². The van der Waals surface area contributed by atoms with E-state index in [2.05, 4.69) is 9.98 Å². The number of guanidine groups is 1. The van der Waals surface area contributed by atoms with Gasteiger partial charge in [0, 0.05) is 19.2 Å². The number of methoxy groups -OCH3 is 1. The number of ether oxygens (including phenoxy) is 2. The monoisotopic (exact) mass is 442 g/mol. The summed E-state index contributed by atoms with van der Waals surface area (Å²) in [4.78, 5) is 9.31. The summed E-state index contributed by atoms with van der Waals surface area (Å²) < 4.78 is 38.5. The molecule has 1 unspecified atom stereocenters. The molecule has 1 saturated heterocycles. The van der Waals surface area contributed by atoms with Gasteiger partial charge in [-0.05, 0) is 13.0 Å². The minimum Gasteiger partial charge on any atom is -0.481 e. The van der Waals surface area contributed by atoms with Crippen LogP contribution >= 0.6 is 24.0 Å². The Kier molecular flexibility index (Phi) is 7.39. The lowest BCUT2D eigenvalue weighted by atomic mass is 10.2. The van der Waals surface area contributed by atoms with E-state index in [4.69, 9.17) is 15.2 Å². The van der Waals surface area contributed by atoms with E-state index in [1.807, 2.05) is 6.92 Å². The lowest BCUT2D eigenvalue weighted by Gasteiger charge is -2.32. The molecule has 2 heterocycles. The fourth-order valence-corrected chi connectivity index (χ4v) is 2.12. The Morgan fingerprint density at radius 2 is 2.30 bits per heavy atom. The molecule has 0 bridgehead atoms. The number of pyridine rings is 1. The van der Waals surface area contributed by atoms with Crippen molar-refractivity contribution in [3.63, 3.8) is 0 Å². The van der Waals surface area contributed by atoms with Gasteiger partial charge < -0.3 is 20.1 Å². The highest BCUT2D eigenvalue weighted by atomic mass is 127. The highest BCUT2D eigenvalue weighted by molar-refractivity contribution is 14.0. The van der Waals surface area contributed by atoms with Crippen LogP contribution in [0.25, 0.3) is 0 Å². The Balaban J connectivity index is 0.00000264. The highest BCUT2D eigenvalue weighted by Crippen LogP contribution is 2.28. The van der Waals surface area contributed by atoms with Crippen molar-refractivity contribution < 1.29 is 18.3 Å². The van der Waals surface area contributed by atoms with Crippen molar-refractivity contribution in [1.29, 1.82) is 0 Å². The first-order valence-electron chi connectivity index (χ1n) is 6.98. The summed E-state index contributed by atoms with van der Waals surface area (Å²) in [6.45, 7) is 2.73. The van der Waals surface area contributed by atoms with E-state index in [-0.39, 0.29) is 41.9 Å². The molecule has 23 heavy (non-hydrogen) atoms. The predicted molar refractivity (Wildman–Crippen MR) is 93.6 cm³/mol. The molecule has 1 aliphatic rings. The molecule has 1 aromatic rings. The first kappa shape index (κ1) is 19.8. The number of nitrogens with two attached hydrogens (primary N) is 1. The van der Waals surface area contributed by atoms with Crippen molar-refractivity contribution in [2.45, 2.75) is 19.0 Å². The minimum atomic E-state index is -3.21. The van der Waals surface area contributed by atoms with Crippen LogP contribution in [-0.2, 0) is 10.7 Å². The van der Waals surface area contributed by atoms with Crippen molar-refractivity contribution in [1.82, 2.24) is 9.88 Å². The quantitative estimate of drug-likeness (QED) is 0.438. The number of aliphatic imine (C=N–C) groups is 1. The molecular weight excluding hydrogens is 421 g/mol. The van der Waals surface area contributed by atoms with E-state index < -0.39 is 18.2 Å². The SMILES string of the molecule is COc1cccc(C(F)(F)CN=C(N)N2CCOC(C)C2)n1.I. The lowest BCUT2D eigenvalue weighted by Crippen LogP contribution is -2.48. The average molecular weight is 442 g/mol. The van der Waals surface area contributed by atoms with Gasteiger partial charge in [-0.25, -0.2) is 9.98 Å². The van der Waals surface area contributed by atoms with Crippen LogP contribution in [0.15, 0.2) is 23.2 Å². The van der Waals surface area contributed by atoms with Gasteiger partial charge in [0.1, 0.15) is 12.2 Å². The third-order valence-electron chi connectivity index (χ3n) is 3.31. The summed E-state index contributed by atoms with van der Waals surface area (Å²) in [5, 5.41) is 0. The third-order valence-corrected chi connectivity index (χ3v) is 3.31. The Morgan fingerprint density at radius 1 is 1.57 bits per heavy atom. The van der Waals surface area contributed by atoms with Gasteiger partial charge in [-0.3, -0.25) is 0 Å². The second kappa shape index (κ2) is 8.57. The third kappa shape index (κ3) is 5.41. The van der Waals surface area contributed by atoms with Crippen LogP contribution in [0.2, 0.25) is 0 Å². The predicted octanol–water partition coefficient (Wildman–Crippen LogP) is 1.84. The number of alkyl halides is 2. The normalized spacial score (nSPS) is 19.2. The Bertz CT molecular complexity index is 545. The molecule has 0 aliphatic carbocycles. The fourth-order valence-electron chi connectivity index (χ4n) is 2.12. The lowest BCUT2D eigenvalue weighted by molar-refractivity contribution is -0.00193. The summed E-state index contributed by atoms with van der Waals surface area (Å²) >= 11 is 0. The van der Waals surface area contributed by atoms with Crippen LogP contribution in [0, 0.1) is 0 Å². The maximum atomic E-state index is 14.2. The molecule has 9 heteroatoms. The van der Waals surface area contributed by atoms with Gasteiger partial charge in [0.25, 0.3) is 0 Å². The number of aromatic nitrogens is 1. The number of morpholine rings is 1. The summed E-state index contributed by atoms with van der Waals surface area (Å²) in [5.74, 6) is -2.98. The van der Waals surface area contributed by atoms with Crippen LogP contribution in [0.4, 0.5) is 8.78 Å². The standard InChI is InChI=1S/C14H20F2N4O2.HI/c1-10-8-20(6-7-22-10)13(17)18-9-14(15,16)11-4-3-5-12(19-11)21-2;/h3-5,10H,6-9H2,1-2H3,(H2,17,18);1H. The van der Waals surface area contributed by atoms with Gasteiger partial charge in [0.2, 0.25) is 5.88 Å². The van der Waals surface area contributed by atoms with Gasteiger partial charge in [0.05, 0.1) is 19.8 Å². The van der Waals surface area contributed by atoms with Crippen molar-refractivity contribution in [3.05, 3.63) is 23.9 Å². The van der Waals surface area contributed by atoms with Crippen molar-refractivity contribution in [2.24, 2.45) is 10.7 Å². The van der Waals surface area contributed by atoms with Gasteiger partial charge in [0.15, 0.2) is 5.96 Å². The molecule has 130 valence electrons. The largest absolute Gasteiger partial charge is 0.481 e. The Morgan fingerprint density at radius 3 is 2.96 bits per heavy atom. The van der Waals surface area contributed by atoms with Crippen molar-refractivity contribution in [3.8, 4) is 5.88 Å². The number of hydrogen-bond donors (Lipinski definition) is 1. The zero-order chi connectivity index (χ0) is 16.2. The topological polar surface area (TPSA) is 73.0 Å². The minimum absolute atomic E-state index is 0. The molecule has 2 N–H and O–H groups in total. The average Bonchev–Trinajstić information content (AvgIpc) is 2.52. The van der Waals surface area contributed by atoms with Crippen LogP contribution in [0.3, 0.4) is 0 Å². The summed E-state index contributed by atoms with van der Waals surface area (Å²) in [6, 6.07) is 4.21. The van der Waals surface area contributed by atoms with E-state index in [0.29, 0.717) is 19.7 Å². The van der Waals surface area contributed by atoms with E-state index in [1.165, 1.54) is 25.3 Å². The second-order valence-corrected chi connectivity index (χ2v) is 5.07. The van der Waals surface area contributed by atoms with Crippen LogP contribution in [0.1, 0.15) is 12.6 Å². The van der Waals surface area contributed by atoms with E-state index in [1.54, 1.807) is 4.90 Å². The number of halogens is 3. The van der Waals surface area contributed by atoms with Gasteiger partial charge >= 0.3 is 5.92 Å². The van der Waals surface area contributed by atoms with Crippen LogP contribution < -0.4 is 10.5 Å². The summed E-state index contributed by atoms with van der Waals surface area (Å²) in [5.41, 5.74) is 5.40. The van der Waals surface area contributed by atoms with Crippen molar-refractivity contribution in [2.75, 3.05) is 33.4 Å². The van der Waals surface area contributed by atoms with Crippen LogP contribution in [-0.4, -0.2) is 55.3 Å². The van der Waals surface area contributed by atoms with E-state index >= 15 is 0 Å². The molecule has 1 aromatic heterocycles. The molecule has 1 atom stereocenters. The number of rotatable bonds is 4. The first-order valence-corrected chi connectivity index (χ1v) is 6.98. The Hall–Kier alpha value is -1.23.